The predicted molar refractivity (Wildman–Crippen MR) is 84.1 cm³/mol. The first kappa shape index (κ1) is 18.4. The summed E-state index contributed by atoms with van der Waals surface area (Å²) >= 11 is 0. The molecule has 3 atom stereocenters. The van der Waals surface area contributed by atoms with E-state index in [1.54, 1.807) is 13.8 Å². The van der Waals surface area contributed by atoms with Gasteiger partial charge in [-0.15, -0.1) is 0 Å². The standard InChI is InChI=1S/C16H32N2O3/c1-5-14-12-21-13(3)11-18(14)10-8-7-9-16(4,17)15(19)20-6-2/h13-14H,5-12,17H2,1-4H3. The number of rotatable bonds is 8. The zero-order chi connectivity index (χ0) is 15.9. The van der Waals surface area contributed by atoms with Crippen molar-refractivity contribution in [3.8, 4) is 0 Å². The molecule has 0 radical (unpaired) electrons. The molecule has 2 N–H and O–H groups in total. The highest BCUT2D eigenvalue weighted by atomic mass is 16.5. The fraction of sp³-hybridized carbons (Fsp3) is 0.938. The quantitative estimate of drug-likeness (QED) is 0.548. The molecule has 1 heterocycles. The molecule has 0 aromatic carbocycles. The number of nitrogens with zero attached hydrogens (tertiary/aromatic N) is 1. The lowest BCUT2D eigenvalue weighted by atomic mass is 9.96. The average molecular weight is 300 g/mol. The highest BCUT2D eigenvalue weighted by Crippen LogP contribution is 2.17. The van der Waals surface area contributed by atoms with Crippen molar-refractivity contribution < 1.29 is 14.3 Å². The number of carbonyl (C=O) groups is 1. The van der Waals surface area contributed by atoms with Crippen molar-refractivity contribution >= 4 is 5.97 Å². The Labute approximate surface area is 129 Å². The maximum atomic E-state index is 11.7. The Kier molecular flexibility index (Phi) is 7.63. The number of hydrogen-bond acceptors (Lipinski definition) is 5. The molecule has 0 aliphatic carbocycles. The van der Waals surface area contributed by atoms with Crippen LogP contribution >= 0.6 is 0 Å². The molecule has 0 bridgehead atoms. The molecule has 0 amide bonds. The van der Waals surface area contributed by atoms with Gasteiger partial charge in [0.05, 0.1) is 19.3 Å². The molecule has 1 fully saturated rings. The number of ether oxygens (including phenoxy) is 2. The molecule has 1 aliphatic heterocycles. The summed E-state index contributed by atoms with van der Waals surface area (Å²) in [5.74, 6) is -0.295. The molecule has 0 spiro atoms. The monoisotopic (exact) mass is 300 g/mol. The maximum absolute atomic E-state index is 11.7. The van der Waals surface area contributed by atoms with Crippen LogP contribution in [-0.2, 0) is 14.3 Å². The van der Waals surface area contributed by atoms with E-state index in [0.717, 1.165) is 39.0 Å². The van der Waals surface area contributed by atoms with Crippen LogP contribution < -0.4 is 5.73 Å². The van der Waals surface area contributed by atoms with Gasteiger partial charge in [-0.2, -0.15) is 0 Å². The molecular formula is C16H32N2O3. The van der Waals surface area contributed by atoms with Gasteiger partial charge in [0.1, 0.15) is 5.54 Å². The molecule has 1 saturated heterocycles. The average Bonchev–Trinajstić information content (AvgIpc) is 2.44. The van der Waals surface area contributed by atoms with Gasteiger partial charge in [-0.25, -0.2) is 0 Å². The Morgan fingerprint density at radius 3 is 2.76 bits per heavy atom. The second-order valence-corrected chi connectivity index (χ2v) is 6.30. The van der Waals surface area contributed by atoms with E-state index in [1.807, 2.05) is 0 Å². The minimum absolute atomic E-state index is 0.295. The third-order valence-electron chi connectivity index (χ3n) is 4.19. The van der Waals surface area contributed by atoms with Gasteiger partial charge in [0.25, 0.3) is 0 Å². The van der Waals surface area contributed by atoms with Gasteiger partial charge in [0.15, 0.2) is 0 Å². The molecule has 1 rings (SSSR count). The van der Waals surface area contributed by atoms with E-state index in [2.05, 4.69) is 18.7 Å². The zero-order valence-corrected chi connectivity index (χ0v) is 14.1. The summed E-state index contributed by atoms with van der Waals surface area (Å²) in [6.45, 7) is 11.1. The fourth-order valence-electron chi connectivity index (χ4n) is 2.77. The van der Waals surface area contributed by atoms with Crippen LogP contribution in [0.1, 0.15) is 53.4 Å². The van der Waals surface area contributed by atoms with Gasteiger partial charge in [0.2, 0.25) is 0 Å². The van der Waals surface area contributed by atoms with Crippen molar-refractivity contribution in [1.82, 2.24) is 4.90 Å². The van der Waals surface area contributed by atoms with Crippen LogP contribution in [0.5, 0.6) is 0 Å². The van der Waals surface area contributed by atoms with Gasteiger partial charge in [-0.3, -0.25) is 9.69 Å². The van der Waals surface area contributed by atoms with Gasteiger partial charge in [-0.1, -0.05) is 6.92 Å². The molecule has 21 heavy (non-hydrogen) atoms. The van der Waals surface area contributed by atoms with Crippen LogP contribution in [0.3, 0.4) is 0 Å². The van der Waals surface area contributed by atoms with E-state index in [9.17, 15) is 4.79 Å². The van der Waals surface area contributed by atoms with Crippen molar-refractivity contribution in [2.75, 3.05) is 26.3 Å². The van der Waals surface area contributed by atoms with Crippen LogP contribution in [0.25, 0.3) is 0 Å². The number of esters is 1. The summed E-state index contributed by atoms with van der Waals surface area (Å²) in [6.07, 6.45) is 4.09. The maximum Gasteiger partial charge on any atom is 0.325 e. The van der Waals surface area contributed by atoms with E-state index in [4.69, 9.17) is 15.2 Å². The Balaban J connectivity index is 2.30. The van der Waals surface area contributed by atoms with Gasteiger partial charge in [-0.05, 0) is 53.0 Å². The summed E-state index contributed by atoms with van der Waals surface area (Å²) in [5.41, 5.74) is 5.17. The van der Waals surface area contributed by atoms with Crippen LogP contribution in [-0.4, -0.2) is 54.9 Å². The normalized spacial score (nSPS) is 26.3. The predicted octanol–water partition coefficient (Wildman–Crippen LogP) is 1.94. The first-order chi connectivity index (χ1) is 9.90. The van der Waals surface area contributed by atoms with Crippen LogP contribution in [0.15, 0.2) is 0 Å². The van der Waals surface area contributed by atoms with Crippen LogP contribution in [0, 0.1) is 0 Å². The van der Waals surface area contributed by atoms with Crippen LogP contribution in [0.4, 0.5) is 0 Å². The molecule has 0 saturated carbocycles. The number of nitrogens with two attached hydrogens (primary N) is 1. The zero-order valence-electron chi connectivity index (χ0n) is 14.1. The minimum Gasteiger partial charge on any atom is -0.465 e. The molecule has 5 heteroatoms. The highest BCUT2D eigenvalue weighted by molar-refractivity contribution is 5.79. The van der Waals surface area contributed by atoms with Gasteiger partial charge >= 0.3 is 5.97 Å². The molecule has 5 nitrogen and oxygen atoms in total. The van der Waals surface area contributed by atoms with E-state index >= 15 is 0 Å². The van der Waals surface area contributed by atoms with E-state index in [0.29, 0.717) is 25.2 Å². The van der Waals surface area contributed by atoms with E-state index in [1.165, 1.54) is 0 Å². The summed E-state index contributed by atoms with van der Waals surface area (Å²) in [6, 6.07) is 0.524. The van der Waals surface area contributed by atoms with Crippen molar-refractivity contribution in [3.63, 3.8) is 0 Å². The van der Waals surface area contributed by atoms with E-state index < -0.39 is 5.54 Å². The smallest absolute Gasteiger partial charge is 0.325 e. The Hall–Kier alpha value is -0.650. The second kappa shape index (κ2) is 8.71. The largest absolute Gasteiger partial charge is 0.465 e. The first-order valence-corrected chi connectivity index (χ1v) is 8.22. The Bertz CT molecular complexity index is 321. The van der Waals surface area contributed by atoms with Crippen molar-refractivity contribution in [1.29, 1.82) is 0 Å². The Morgan fingerprint density at radius 2 is 2.14 bits per heavy atom. The summed E-state index contributed by atoms with van der Waals surface area (Å²) in [7, 11) is 0. The summed E-state index contributed by atoms with van der Waals surface area (Å²) in [5, 5.41) is 0. The van der Waals surface area contributed by atoms with Gasteiger partial charge < -0.3 is 15.2 Å². The molecule has 0 aromatic rings. The summed E-state index contributed by atoms with van der Waals surface area (Å²) < 4.78 is 10.7. The minimum atomic E-state index is -0.863. The van der Waals surface area contributed by atoms with Crippen molar-refractivity contribution in [2.45, 2.75) is 71.1 Å². The van der Waals surface area contributed by atoms with Crippen molar-refractivity contribution in [2.24, 2.45) is 5.73 Å². The third-order valence-corrected chi connectivity index (χ3v) is 4.19. The second-order valence-electron chi connectivity index (χ2n) is 6.30. The lowest BCUT2D eigenvalue weighted by Gasteiger charge is -2.38. The van der Waals surface area contributed by atoms with E-state index in [-0.39, 0.29) is 5.97 Å². The molecule has 3 unspecified atom stereocenters. The summed E-state index contributed by atoms with van der Waals surface area (Å²) in [4.78, 5) is 14.2. The molecule has 0 aromatic heterocycles. The number of carbonyl (C=O) groups excluding carboxylic acids is 1. The SMILES string of the molecule is CCOC(=O)C(C)(N)CCCCN1CC(C)OCC1CC. The molecular weight excluding hydrogens is 268 g/mol. The third kappa shape index (κ3) is 5.93. The lowest BCUT2D eigenvalue weighted by molar-refractivity contribution is -0.149. The lowest BCUT2D eigenvalue weighted by Crippen LogP contribution is -2.49. The van der Waals surface area contributed by atoms with Crippen LogP contribution in [0.2, 0.25) is 0 Å². The van der Waals surface area contributed by atoms with Gasteiger partial charge in [0, 0.05) is 12.6 Å². The first-order valence-electron chi connectivity index (χ1n) is 8.22. The van der Waals surface area contributed by atoms with Crippen molar-refractivity contribution in [3.05, 3.63) is 0 Å². The molecule has 1 aliphatic rings. The fourth-order valence-corrected chi connectivity index (χ4v) is 2.77. The molecule has 124 valence electrons. The number of unbranched alkanes of at least 4 members (excludes halogenated alkanes) is 1. The number of morpholine rings is 1. The number of hydrogen-bond donors (Lipinski definition) is 1. The highest BCUT2D eigenvalue weighted by Gasteiger charge is 2.30. The Morgan fingerprint density at radius 1 is 1.43 bits per heavy atom. The topological polar surface area (TPSA) is 64.8 Å².